The SMILES string of the molecule is CN(Cc1cc(Br)cs1)S(=O)(=O)CC1CCCO1. The van der Waals surface area contributed by atoms with Crippen LogP contribution < -0.4 is 0 Å². The lowest BCUT2D eigenvalue weighted by molar-refractivity contribution is 0.126. The van der Waals surface area contributed by atoms with E-state index in [2.05, 4.69) is 15.9 Å². The summed E-state index contributed by atoms with van der Waals surface area (Å²) in [6, 6.07) is 1.95. The summed E-state index contributed by atoms with van der Waals surface area (Å²) >= 11 is 4.92. The summed E-state index contributed by atoms with van der Waals surface area (Å²) in [6.07, 6.45) is 1.67. The van der Waals surface area contributed by atoms with Crippen molar-refractivity contribution in [1.82, 2.24) is 4.31 Å². The van der Waals surface area contributed by atoms with Crippen molar-refractivity contribution >= 4 is 37.3 Å². The van der Waals surface area contributed by atoms with Gasteiger partial charge in [-0.1, -0.05) is 0 Å². The molecule has 0 radical (unpaired) electrons. The first-order valence-electron chi connectivity index (χ1n) is 5.76. The smallest absolute Gasteiger partial charge is 0.216 e. The Labute approximate surface area is 120 Å². The number of nitrogens with zero attached hydrogens (tertiary/aromatic N) is 1. The maximum Gasteiger partial charge on any atom is 0.216 e. The third-order valence-electron chi connectivity index (χ3n) is 2.90. The van der Waals surface area contributed by atoms with Crippen LogP contribution in [0.5, 0.6) is 0 Å². The maximum absolute atomic E-state index is 12.1. The van der Waals surface area contributed by atoms with Gasteiger partial charge < -0.3 is 4.74 Å². The van der Waals surface area contributed by atoms with Crippen LogP contribution in [0.4, 0.5) is 0 Å². The minimum absolute atomic E-state index is 0.0933. The molecule has 0 bridgehead atoms. The molecule has 1 aliphatic heterocycles. The summed E-state index contributed by atoms with van der Waals surface area (Å²) < 4.78 is 32.1. The summed E-state index contributed by atoms with van der Waals surface area (Å²) in [4.78, 5) is 1.03. The van der Waals surface area contributed by atoms with Crippen LogP contribution in [0, 0.1) is 0 Å². The Kier molecular flexibility index (Phi) is 4.82. The molecule has 0 spiro atoms. The largest absolute Gasteiger partial charge is 0.377 e. The molecule has 2 rings (SSSR count). The summed E-state index contributed by atoms with van der Waals surface area (Å²) in [6.45, 7) is 1.10. The van der Waals surface area contributed by atoms with Gasteiger partial charge in [-0.2, -0.15) is 4.31 Å². The highest BCUT2D eigenvalue weighted by Gasteiger charge is 2.26. The number of hydrogen-bond donors (Lipinski definition) is 0. The van der Waals surface area contributed by atoms with Crippen molar-refractivity contribution in [2.24, 2.45) is 0 Å². The lowest BCUT2D eigenvalue weighted by Gasteiger charge is -2.18. The van der Waals surface area contributed by atoms with Crippen molar-refractivity contribution in [3.05, 3.63) is 20.8 Å². The van der Waals surface area contributed by atoms with Gasteiger partial charge in [0.15, 0.2) is 0 Å². The zero-order valence-corrected chi connectivity index (χ0v) is 13.4. The molecule has 0 saturated carbocycles. The molecule has 18 heavy (non-hydrogen) atoms. The molecule has 0 amide bonds. The second-order valence-corrected chi connectivity index (χ2v) is 8.43. The zero-order chi connectivity index (χ0) is 13.2. The van der Waals surface area contributed by atoms with Gasteiger partial charge in [-0.25, -0.2) is 8.42 Å². The molecule has 1 aromatic rings. The molecule has 7 heteroatoms. The van der Waals surface area contributed by atoms with Crippen LogP contribution in [0.3, 0.4) is 0 Å². The topological polar surface area (TPSA) is 46.6 Å². The second kappa shape index (κ2) is 6.00. The van der Waals surface area contributed by atoms with E-state index in [1.807, 2.05) is 11.4 Å². The molecule has 1 atom stereocenters. The van der Waals surface area contributed by atoms with Crippen LogP contribution in [-0.4, -0.2) is 38.2 Å². The van der Waals surface area contributed by atoms with Gasteiger partial charge in [0.05, 0.1) is 11.9 Å². The van der Waals surface area contributed by atoms with Crippen molar-refractivity contribution in [3.63, 3.8) is 0 Å². The quantitative estimate of drug-likeness (QED) is 0.816. The fourth-order valence-electron chi connectivity index (χ4n) is 1.89. The Bertz CT molecular complexity index is 494. The summed E-state index contributed by atoms with van der Waals surface area (Å²) in [5.74, 6) is 0.0933. The van der Waals surface area contributed by atoms with Crippen molar-refractivity contribution in [1.29, 1.82) is 0 Å². The Hall–Kier alpha value is 0.0500. The molecule has 0 aliphatic carbocycles. The van der Waals surface area contributed by atoms with Gasteiger partial charge in [0.1, 0.15) is 0 Å². The normalized spacial score (nSPS) is 20.7. The second-order valence-electron chi connectivity index (χ2n) is 4.40. The predicted octanol–water partition coefficient (Wildman–Crippen LogP) is 2.45. The van der Waals surface area contributed by atoms with E-state index in [9.17, 15) is 8.42 Å². The van der Waals surface area contributed by atoms with Crippen LogP contribution in [-0.2, 0) is 21.3 Å². The van der Waals surface area contributed by atoms with E-state index in [4.69, 9.17) is 4.74 Å². The number of halogens is 1. The fourth-order valence-corrected chi connectivity index (χ4v) is 4.80. The minimum atomic E-state index is -3.23. The average molecular weight is 354 g/mol. The molecule has 0 N–H and O–H groups in total. The summed E-state index contributed by atoms with van der Waals surface area (Å²) in [7, 11) is -1.61. The highest BCUT2D eigenvalue weighted by Crippen LogP contribution is 2.22. The lowest BCUT2D eigenvalue weighted by Crippen LogP contribution is -2.33. The van der Waals surface area contributed by atoms with E-state index in [0.717, 1.165) is 22.2 Å². The summed E-state index contributed by atoms with van der Waals surface area (Å²) in [5, 5.41) is 1.95. The van der Waals surface area contributed by atoms with Gasteiger partial charge in [-0.05, 0) is 34.8 Å². The lowest BCUT2D eigenvalue weighted by atomic mass is 10.3. The van der Waals surface area contributed by atoms with Gasteiger partial charge in [-0.15, -0.1) is 11.3 Å². The highest BCUT2D eigenvalue weighted by molar-refractivity contribution is 9.10. The molecule has 2 heterocycles. The average Bonchev–Trinajstić information content (AvgIpc) is 2.90. The van der Waals surface area contributed by atoms with E-state index >= 15 is 0 Å². The third kappa shape index (κ3) is 3.77. The van der Waals surface area contributed by atoms with Crippen molar-refractivity contribution in [2.75, 3.05) is 19.4 Å². The molecule has 102 valence electrons. The number of ether oxygens (including phenoxy) is 1. The van der Waals surface area contributed by atoms with E-state index < -0.39 is 10.0 Å². The minimum Gasteiger partial charge on any atom is -0.377 e. The fraction of sp³-hybridized carbons (Fsp3) is 0.636. The molecule has 4 nitrogen and oxygen atoms in total. The maximum atomic E-state index is 12.1. The Morgan fingerprint density at radius 1 is 1.61 bits per heavy atom. The van der Waals surface area contributed by atoms with E-state index in [0.29, 0.717) is 13.2 Å². The molecular weight excluding hydrogens is 338 g/mol. The number of thiophene rings is 1. The Balaban J connectivity index is 1.96. The molecule has 1 fully saturated rings. The van der Waals surface area contributed by atoms with Gasteiger partial charge in [-0.3, -0.25) is 0 Å². The molecular formula is C11H16BrNO3S2. The van der Waals surface area contributed by atoms with Crippen LogP contribution in [0.25, 0.3) is 0 Å². The van der Waals surface area contributed by atoms with E-state index in [1.54, 1.807) is 18.4 Å². The van der Waals surface area contributed by atoms with Gasteiger partial charge in [0, 0.05) is 34.9 Å². The van der Waals surface area contributed by atoms with Crippen LogP contribution >= 0.6 is 27.3 Å². The third-order valence-corrected chi connectivity index (χ3v) is 6.45. The molecule has 0 aromatic carbocycles. The monoisotopic (exact) mass is 353 g/mol. The zero-order valence-electron chi connectivity index (χ0n) is 10.1. The van der Waals surface area contributed by atoms with Gasteiger partial charge in [0.2, 0.25) is 10.0 Å². The molecule has 1 aromatic heterocycles. The first-order chi connectivity index (χ1) is 8.47. The van der Waals surface area contributed by atoms with Crippen LogP contribution in [0.15, 0.2) is 15.9 Å². The van der Waals surface area contributed by atoms with E-state index in [-0.39, 0.29) is 11.9 Å². The molecule has 1 saturated heterocycles. The highest BCUT2D eigenvalue weighted by atomic mass is 79.9. The standard InChI is InChI=1S/C11H16BrNO3S2/c1-13(6-11-5-9(12)7-17-11)18(14,15)8-10-3-2-4-16-10/h5,7,10H,2-4,6,8H2,1H3. The first-order valence-corrected chi connectivity index (χ1v) is 9.04. The van der Waals surface area contributed by atoms with Crippen molar-refractivity contribution in [2.45, 2.75) is 25.5 Å². The number of sulfonamides is 1. The predicted molar refractivity (Wildman–Crippen MR) is 76.2 cm³/mol. The van der Waals surface area contributed by atoms with Gasteiger partial charge in [0.25, 0.3) is 0 Å². The first kappa shape index (κ1) is 14.5. The van der Waals surface area contributed by atoms with Crippen molar-refractivity contribution in [3.8, 4) is 0 Å². The number of rotatable bonds is 5. The van der Waals surface area contributed by atoms with Crippen LogP contribution in [0.2, 0.25) is 0 Å². The van der Waals surface area contributed by atoms with E-state index in [1.165, 1.54) is 4.31 Å². The van der Waals surface area contributed by atoms with Crippen LogP contribution in [0.1, 0.15) is 17.7 Å². The Morgan fingerprint density at radius 2 is 2.39 bits per heavy atom. The molecule has 1 unspecified atom stereocenters. The van der Waals surface area contributed by atoms with Crippen molar-refractivity contribution < 1.29 is 13.2 Å². The Morgan fingerprint density at radius 3 is 2.94 bits per heavy atom. The van der Waals surface area contributed by atoms with Gasteiger partial charge >= 0.3 is 0 Å². The number of hydrogen-bond acceptors (Lipinski definition) is 4. The summed E-state index contributed by atoms with van der Waals surface area (Å²) in [5.41, 5.74) is 0. The molecule has 1 aliphatic rings.